The molecule has 1 amide bonds. The summed E-state index contributed by atoms with van der Waals surface area (Å²) in [6.07, 6.45) is 2.52. The van der Waals surface area contributed by atoms with Gasteiger partial charge in [0.15, 0.2) is 0 Å². The lowest BCUT2D eigenvalue weighted by Crippen LogP contribution is -2.51. The summed E-state index contributed by atoms with van der Waals surface area (Å²) < 4.78 is 44.9. The van der Waals surface area contributed by atoms with Gasteiger partial charge in [0.2, 0.25) is 15.9 Å². The Balaban J connectivity index is 1.81. The highest BCUT2D eigenvalue weighted by Gasteiger charge is 2.36. The fraction of sp³-hybridized carbons (Fsp3) is 0.409. The maximum atomic E-state index is 13.7. The molecule has 1 aliphatic rings. The van der Waals surface area contributed by atoms with Gasteiger partial charge in [-0.2, -0.15) is 0 Å². The summed E-state index contributed by atoms with van der Waals surface area (Å²) in [5.41, 5.74) is 0.958. The van der Waals surface area contributed by atoms with Gasteiger partial charge in [0.05, 0.1) is 11.9 Å². The van der Waals surface area contributed by atoms with Crippen molar-refractivity contribution in [2.24, 2.45) is 0 Å². The van der Waals surface area contributed by atoms with Crippen LogP contribution < -0.4 is 9.62 Å². The van der Waals surface area contributed by atoms with E-state index in [1.165, 1.54) is 25.1 Å². The van der Waals surface area contributed by atoms with Crippen molar-refractivity contribution in [1.82, 2.24) is 5.32 Å². The van der Waals surface area contributed by atoms with E-state index in [1.807, 2.05) is 30.3 Å². The van der Waals surface area contributed by atoms with Gasteiger partial charge in [-0.25, -0.2) is 12.8 Å². The molecule has 3 rings (SSSR count). The van der Waals surface area contributed by atoms with Crippen molar-refractivity contribution in [3.05, 3.63) is 66.0 Å². The Kier molecular flexibility index (Phi) is 6.77. The number of sulfonamides is 1. The molecular weight excluding hydrogens is 407 g/mol. The van der Waals surface area contributed by atoms with Crippen molar-refractivity contribution in [2.45, 2.75) is 31.2 Å². The lowest BCUT2D eigenvalue weighted by Gasteiger charge is -2.38. The van der Waals surface area contributed by atoms with Gasteiger partial charge in [0.1, 0.15) is 11.9 Å². The number of carbonyl (C=O) groups is 1. The first-order valence-electron chi connectivity index (χ1n) is 9.89. The molecule has 0 unspecified atom stereocenters. The Morgan fingerprint density at radius 1 is 1.17 bits per heavy atom. The van der Waals surface area contributed by atoms with E-state index < -0.39 is 27.8 Å². The zero-order valence-corrected chi connectivity index (χ0v) is 18.0. The van der Waals surface area contributed by atoms with Crippen molar-refractivity contribution < 1.29 is 22.3 Å². The van der Waals surface area contributed by atoms with Crippen LogP contribution in [-0.2, 0) is 25.0 Å². The van der Waals surface area contributed by atoms with E-state index in [0.29, 0.717) is 19.8 Å². The number of ether oxygens (including phenoxy) is 1. The molecule has 1 aliphatic heterocycles. The zero-order valence-electron chi connectivity index (χ0n) is 17.2. The van der Waals surface area contributed by atoms with Crippen molar-refractivity contribution in [3.8, 4) is 0 Å². The summed E-state index contributed by atoms with van der Waals surface area (Å²) in [7, 11) is -3.80. The molecule has 1 atom stereocenters. The second-order valence-electron chi connectivity index (χ2n) is 7.69. The maximum absolute atomic E-state index is 13.7. The minimum atomic E-state index is -3.80. The number of amides is 1. The van der Waals surface area contributed by atoms with Crippen LogP contribution in [0.1, 0.15) is 25.3 Å². The van der Waals surface area contributed by atoms with Crippen LogP contribution in [-0.4, -0.2) is 46.4 Å². The first kappa shape index (κ1) is 22.2. The summed E-state index contributed by atoms with van der Waals surface area (Å²) in [4.78, 5) is 13.0. The number of hydrogen-bond acceptors (Lipinski definition) is 4. The Labute approximate surface area is 177 Å². The highest BCUT2D eigenvalue weighted by molar-refractivity contribution is 7.92. The highest BCUT2D eigenvalue weighted by atomic mass is 32.2. The predicted octanol–water partition coefficient (Wildman–Crippen LogP) is 2.84. The molecule has 2 aromatic carbocycles. The maximum Gasteiger partial charge on any atom is 0.243 e. The van der Waals surface area contributed by atoms with Gasteiger partial charge in [-0.05, 0) is 43.5 Å². The minimum absolute atomic E-state index is 0.115. The largest absolute Gasteiger partial charge is 0.381 e. The van der Waals surface area contributed by atoms with E-state index in [9.17, 15) is 17.6 Å². The first-order chi connectivity index (χ1) is 14.2. The molecule has 0 aromatic heterocycles. The number of nitrogens with zero attached hydrogens (tertiary/aromatic N) is 1. The Morgan fingerprint density at radius 2 is 1.83 bits per heavy atom. The zero-order chi connectivity index (χ0) is 21.8. The van der Waals surface area contributed by atoms with Gasteiger partial charge in [-0.3, -0.25) is 9.10 Å². The van der Waals surface area contributed by atoms with Crippen LogP contribution in [0.3, 0.4) is 0 Å². The number of hydrogen-bond donors (Lipinski definition) is 1. The van der Waals surface area contributed by atoms with Crippen molar-refractivity contribution >= 4 is 21.6 Å². The molecule has 1 heterocycles. The lowest BCUT2D eigenvalue weighted by atomic mass is 9.74. The lowest BCUT2D eigenvalue weighted by molar-refractivity contribution is -0.122. The van der Waals surface area contributed by atoms with Gasteiger partial charge in [0, 0.05) is 25.2 Å². The summed E-state index contributed by atoms with van der Waals surface area (Å²) in [5, 5.41) is 2.93. The highest BCUT2D eigenvalue weighted by Crippen LogP contribution is 2.34. The van der Waals surface area contributed by atoms with Crippen molar-refractivity contribution in [2.75, 3.05) is 30.3 Å². The molecule has 30 heavy (non-hydrogen) atoms. The summed E-state index contributed by atoms with van der Waals surface area (Å²) in [5.74, 6) is -1.01. The molecule has 0 spiro atoms. The van der Waals surface area contributed by atoms with Gasteiger partial charge >= 0.3 is 0 Å². The van der Waals surface area contributed by atoms with Crippen LogP contribution in [0.4, 0.5) is 10.1 Å². The van der Waals surface area contributed by atoms with Gasteiger partial charge in [-0.15, -0.1) is 0 Å². The van der Waals surface area contributed by atoms with Crippen LogP contribution >= 0.6 is 0 Å². The smallest absolute Gasteiger partial charge is 0.243 e. The second-order valence-corrected chi connectivity index (χ2v) is 9.55. The Hall–Kier alpha value is -2.45. The molecular formula is C22H27FN2O4S. The van der Waals surface area contributed by atoms with Crippen molar-refractivity contribution in [1.29, 1.82) is 0 Å². The first-order valence-corrected chi connectivity index (χ1v) is 11.7. The van der Waals surface area contributed by atoms with Crippen LogP contribution in [0.25, 0.3) is 0 Å². The molecule has 162 valence electrons. The molecule has 2 aromatic rings. The molecule has 0 aliphatic carbocycles. The van der Waals surface area contributed by atoms with Crippen LogP contribution in [0.2, 0.25) is 0 Å². The van der Waals surface area contributed by atoms with Crippen LogP contribution in [0, 0.1) is 5.82 Å². The predicted molar refractivity (Wildman–Crippen MR) is 114 cm³/mol. The number of carbonyl (C=O) groups excluding carboxylic acids is 1. The number of nitrogens with one attached hydrogen (secondary N) is 1. The number of anilines is 1. The second kappa shape index (κ2) is 9.14. The fourth-order valence-corrected chi connectivity index (χ4v) is 5.11. The van der Waals surface area contributed by atoms with E-state index in [1.54, 1.807) is 0 Å². The van der Waals surface area contributed by atoms with Crippen LogP contribution in [0.5, 0.6) is 0 Å². The number of halogens is 1. The average molecular weight is 435 g/mol. The quantitative estimate of drug-likeness (QED) is 0.727. The number of rotatable bonds is 7. The Bertz CT molecular complexity index is 976. The van der Waals surface area contributed by atoms with Gasteiger partial charge < -0.3 is 10.1 Å². The average Bonchev–Trinajstić information content (AvgIpc) is 2.72. The standard InChI is InChI=1S/C22H27FN2O4S/c1-17(25(30(2,27)28)20-10-6-9-19(23)15-20)21(26)24-16-22(11-13-29-14-12-22)18-7-4-3-5-8-18/h3-10,15,17H,11-14,16H2,1-2H3,(H,24,26)/t17-/m0/s1. The molecule has 8 heteroatoms. The topological polar surface area (TPSA) is 75.7 Å². The normalized spacial score (nSPS) is 17.2. The molecule has 0 bridgehead atoms. The molecule has 1 fully saturated rings. The molecule has 1 N–H and O–H groups in total. The molecule has 0 radical (unpaired) electrons. The third-order valence-corrected chi connectivity index (χ3v) is 6.83. The Morgan fingerprint density at radius 3 is 2.43 bits per heavy atom. The molecule has 1 saturated heterocycles. The van der Waals surface area contributed by atoms with E-state index in [0.717, 1.165) is 35.0 Å². The van der Waals surface area contributed by atoms with E-state index >= 15 is 0 Å². The third kappa shape index (κ3) is 4.99. The fourth-order valence-electron chi connectivity index (χ4n) is 3.95. The van der Waals surface area contributed by atoms with E-state index in [2.05, 4.69) is 5.32 Å². The number of benzene rings is 2. The van der Waals surface area contributed by atoms with Crippen LogP contribution in [0.15, 0.2) is 54.6 Å². The van der Waals surface area contributed by atoms with E-state index in [4.69, 9.17) is 4.74 Å². The van der Waals surface area contributed by atoms with Crippen molar-refractivity contribution in [3.63, 3.8) is 0 Å². The SMILES string of the molecule is C[C@@H](C(=O)NCC1(c2ccccc2)CCOCC1)N(c1cccc(F)c1)S(C)(=O)=O. The van der Waals surface area contributed by atoms with Gasteiger partial charge in [-0.1, -0.05) is 36.4 Å². The molecule has 0 saturated carbocycles. The van der Waals surface area contributed by atoms with E-state index in [-0.39, 0.29) is 11.1 Å². The third-order valence-electron chi connectivity index (χ3n) is 5.59. The summed E-state index contributed by atoms with van der Waals surface area (Å²) in [6, 6.07) is 14.1. The summed E-state index contributed by atoms with van der Waals surface area (Å²) >= 11 is 0. The van der Waals surface area contributed by atoms with Gasteiger partial charge in [0.25, 0.3) is 0 Å². The minimum Gasteiger partial charge on any atom is -0.381 e. The molecule has 6 nitrogen and oxygen atoms in total. The summed E-state index contributed by atoms with van der Waals surface area (Å²) in [6.45, 7) is 3.06. The monoisotopic (exact) mass is 434 g/mol.